The molecule has 1 unspecified atom stereocenters. The lowest BCUT2D eigenvalue weighted by molar-refractivity contribution is -0.143. The van der Waals surface area contributed by atoms with E-state index in [-0.39, 0.29) is 22.9 Å². The summed E-state index contributed by atoms with van der Waals surface area (Å²) in [7, 11) is 1.81. The lowest BCUT2D eigenvalue weighted by Crippen LogP contribution is -2.46. The number of nitrogens with zero attached hydrogens (tertiary/aromatic N) is 4. The molecule has 0 bridgehead atoms. The number of nitrogens with one attached hydrogen (secondary N) is 1. The molecule has 12 nitrogen and oxygen atoms in total. The molecule has 5 rings (SSSR count). The Morgan fingerprint density at radius 2 is 1.82 bits per heavy atom. The molecule has 1 aliphatic rings. The van der Waals surface area contributed by atoms with Gasteiger partial charge in [-0.1, -0.05) is 12.1 Å². The molecule has 1 saturated heterocycles. The van der Waals surface area contributed by atoms with Gasteiger partial charge >= 0.3 is 5.97 Å². The standard InChI is InChI=1S/C30H30F2N6O6/c1-16(30(40)41)38-11-8-19(9-12-38)42-25-23(31)28(43-20-5-3-4-18(14-20)27-35-10-13-37(27)2)36-29(24(25)32)44-22-15-17(26(33)34)6-7-21(22)39/h3-7,10,13-16,19,39H,8-9,11-12H2,1-2H3,(H3,33,34)(H,40,41). The van der Waals surface area contributed by atoms with Crippen molar-refractivity contribution in [3.8, 4) is 46.1 Å². The van der Waals surface area contributed by atoms with E-state index in [9.17, 15) is 15.0 Å². The first-order valence-corrected chi connectivity index (χ1v) is 13.6. The molecule has 1 atom stereocenters. The van der Waals surface area contributed by atoms with E-state index in [1.54, 1.807) is 53.0 Å². The highest BCUT2D eigenvalue weighted by Crippen LogP contribution is 2.40. The second kappa shape index (κ2) is 12.6. The number of rotatable bonds is 10. The monoisotopic (exact) mass is 608 g/mol. The van der Waals surface area contributed by atoms with Crippen LogP contribution in [-0.4, -0.2) is 66.7 Å². The van der Waals surface area contributed by atoms with Gasteiger partial charge in [-0.3, -0.25) is 15.1 Å². The van der Waals surface area contributed by atoms with Crippen LogP contribution in [0.3, 0.4) is 0 Å². The quantitative estimate of drug-likeness (QED) is 0.147. The highest BCUT2D eigenvalue weighted by atomic mass is 19.1. The number of phenolic OH excluding ortho intramolecular Hbond substituents is 1. The lowest BCUT2D eigenvalue weighted by Gasteiger charge is -2.34. The van der Waals surface area contributed by atoms with Crippen LogP contribution in [-0.2, 0) is 11.8 Å². The molecule has 44 heavy (non-hydrogen) atoms. The van der Waals surface area contributed by atoms with Crippen molar-refractivity contribution < 1.29 is 38.0 Å². The van der Waals surface area contributed by atoms with Crippen molar-refractivity contribution in [2.75, 3.05) is 13.1 Å². The van der Waals surface area contributed by atoms with E-state index in [0.29, 0.717) is 37.3 Å². The van der Waals surface area contributed by atoms with Crippen LogP contribution in [0.2, 0.25) is 0 Å². The number of nitrogens with two attached hydrogens (primary N) is 1. The number of carboxylic acid groups (broad SMARTS) is 1. The topological polar surface area (TPSA) is 169 Å². The maximum absolute atomic E-state index is 15.9. The first-order valence-electron chi connectivity index (χ1n) is 13.6. The molecule has 14 heteroatoms. The molecule has 2 aromatic carbocycles. The van der Waals surface area contributed by atoms with Gasteiger partial charge in [0.05, 0.1) is 0 Å². The van der Waals surface area contributed by atoms with Gasteiger partial charge in [-0.15, -0.1) is 0 Å². The van der Waals surface area contributed by atoms with Crippen molar-refractivity contribution in [1.29, 1.82) is 5.41 Å². The van der Waals surface area contributed by atoms with Gasteiger partial charge in [0.2, 0.25) is 17.4 Å². The number of hydrogen-bond acceptors (Lipinski definition) is 9. The van der Waals surface area contributed by atoms with Crippen molar-refractivity contribution in [2.45, 2.75) is 31.9 Å². The van der Waals surface area contributed by atoms with Crippen LogP contribution in [0.15, 0.2) is 54.9 Å². The van der Waals surface area contributed by atoms with Gasteiger partial charge in [0, 0.05) is 43.7 Å². The smallest absolute Gasteiger partial charge is 0.320 e. The second-order valence-corrected chi connectivity index (χ2v) is 10.2. The third kappa shape index (κ3) is 6.39. The number of pyridine rings is 1. The molecule has 0 saturated carbocycles. The highest BCUT2D eigenvalue weighted by Gasteiger charge is 2.31. The van der Waals surface area contributed by atoms with Gasteiger partial charge in [-0.05, 0) is 50.1 Å². The number of phenols is 1. The Kier molecular flexibility index (Phi) is 8.62. The minimum atomic E-state index is -1.29. The average Bonchev–Trinajstić information content (AvgIpc) is 3.44. The second-order valence-electron chi connectivity index (χ2n) is 10.2. The van der Waals surface area contributed by atoms with Gasteiger partial charge < -0.3 is 34.7 Å². The van der Waals surface area contributed by atoms with Crippen molar-refractivity contribution in [3.05, 3.63) is 72.1 Å². The minimum absolute atomic E-state index is 0.165. The summed E-state index contributed by atoms with van der Waals surface area (Å²) in [6, 6.07) is 9.69. The molecule has 1 aliphatic heterocycles. The Balaban J connectivity index is 1.49. The molecular weight excluding hydrogens is 578 g/mol. The molecule has 0 aliphatic carbocycles. The molecule has 0 spiro atoms. The van der Waals surface area contributed by atoms with E-state index < -0.39 is 53.0 Å². The molecule has 2 aromatic heterocycles. The first-order chi connectivity index (χ1) is 21.0. The molecular formula is C30H30F2N6O6. The van der Waals surface area contributed by atoms with E-state index in [4.69, 9.17) is 25.4 Å². The molecule has 5 N–H and O–H groups in total. The zero-order valence-electron chi connectivity index (χ0n) is 23.8. The molecule has 0 radical (unpaired) electrons. The van der Waals surface area contributed by atoms with Crippen LogP contribution in [0.25, 0.3) is 11.4 Å². The van der Waals surface area contributed by atoms with E-state index in [0.717, 1.165) is 0 Å². The summed E-state index contributed by atoms with van der Waals surface area (Å²) >= 11 is 0. The summed E-state index contributed by atoms with van der Waals surface area (Å²) in [4.78, 5) is 21.3. The Morgan fingerprint density at radius 3 is 2.45 bits per heavy atom. The SMILES string of the molecule is CC(C(=O)O)N1CCC(Oc2c(F)c(Oc3cccc(-c4nccn4C)c3)nc(Oc3cc(C(=N)N)ccc3O)c2F)CC1. The predicted octanol–water partition coefficient (Wildman–Crippen LogP) is 4.65. The van der Waals surface area contributed by atoms with Crippen LogP contribution in [0.1, 0.15) is 25.3 Å². The number of carboxylic acids is 1. The fourth-order valence-electron chi connectivity index (χ4n) is 4.75. The number of carbonyl (C=O) groups is 1. The van der Waals surface area contributed by atoms with E-state index in [1.807, 2.05) is 7.05 Å². The number of ether oxygens (including phenoxy) is 3. The molecule has 230 valence electrons. The van der Waals surface area contributed by atoms with Crippen molar-refractivity contribution >= 4 is 11.8 Å². The zero-order valence-corrected chi connectivity index (χ0v) is 23.8. The largest absolute Gasteiger partial charge is 0.504 e. The zero-order chi connectivity index (χ0) is 31.5. The van der Waals surface area contributed by atoms with Gasteiger partial charge in [0.15, 0.2) is 11.5 Å². The number of hydrogen-bond donors (Lipinski definition) is 4. The Bertz CT molecular complexity index is 1710. The number of benzene rings is 2. The maximum atomic E-state index is 15.9. The molecule has 1 fully saturated rings. The Morgan fingerprint density at radius 1 is 1.11 bits per heavy atom. The summed E-state index contributed by atoms with van der Waals surface area (Å²) < 4.78 is 50.6. The first kappa shape index (κ1) is 30.2. The number of aliphatic carboxylic acids is 1. The van der Waals surface area contributed by atoms with E-state index in [1.165, 1.54) is 18.2 Å². The van der Waals surface area contributed by atoms with Crippen LogP contribution in [0, 0.1) is 17.0 Å². The number of aryl methyl sites for hydroxylation is 1. The number of amidine groups is 1. The number of likely N-dealkylation sites (tertiary alicyclic amines) is 1. The van der Waals surface area contributed by atoms with Crippen LogP contribution < -0.4 is 19.9 Å². The highest BCUT2D eigenvalue weighted by molar-refractivity contribution is 5.95. The predicted molar refractivity (Wildman–Crippen MR) is 154 cm³/mol. The summed E-state index contributed by atoms with van der Waals surface area (Å²) in [5.41, 5.74) is 6.39. The summed E-state index contributed by atoms with van der Waals surface area (Å²) in [5.74, 6) is -5.94. The Labute approximate surface area is 250 Å². The maximum Gasteiger partial charge on any atom is 0.320 e. The number of halogens is 2. The van der Waals surface area contributed by atoms with Crippen LogP contribution in [0.5, 0.6) is 34.8 Å². The fourth-order valence-corrected chi connectivity index (χ4v) is 4.75. The third-order valence-electron chi connectivity index (χ3n) is 7.25. The van der Waals surface area contributed by atoms with Gasteiger partial charge in [-0.2, -0.15) is 13.8 Å². The fraction of sp³-hybridized carbons (Fsp3) is 0.267. The molecule has 3 heterocycles. The van der Waals surface area contributed by atoms with Crippen molar-refractivity contribution in [3.63, 3.8) is 0 Å². The number of piperidine rings is 1. The summed E-state index contributed by atoms with van der Waals surface area (Å²) in [6.45, 7) is 2.24. The summed E-state index contributed by atoms with van der Waals surface area (Å²) in [6.07, 6.45) is 3.35. The van der Waals surface area contributed by atoms with E-state index in [2.05, 4.69) is 9.97 Å². The van der Waals surface area contributed by atoms with Gasteiger partial charge in [-0.25, -0.2) is 4.98 Å². The lowest BCUT2D eigenvalue weighted by atomic mass is 10.1. The number of nitrogen functional groups attached to an aromatic ring is 1. The summed E-state index contributed by atoms with van der Waals surface area (Å²) in [5, 5.41) is 27.3. The van der Waals surface area contributed by atoms with E-state index >= 15 is 8.78 Å². The normalized spacial score (nSPS) is 14.6. The van der Waals surface area contributed by atoms with Gasteiger partial charge in [0.1, 0.15) is 29.6 Å². The number of aromatic nitrogens is 3. The third-order valence-corrected chi connectivity index (χ3v) is 7.25. The van der Waals surface area contributed by atoms with Crippen LogP contribution in [0.4, 0.5) is 8.78 Å². The molecule has 4 aromatic rings. The molecule has 0 amide bonds. The van der Waals surface area contributed by atoms with Crippen molar-refractivity contribution in [1.82, 2.24) is 19.4 Å². The van der Waals surface area contributed by atoms with Gasteiger partial charge in [0.25, 0.3) is 11.8 Å². The number of imidazole rings is 1. The Hall–Kier alpha value is -5.24. The van der Waals surface area contributed by atoms with Crippen molar-refractivity contribution in [2.24, 2.45) is 12.8 Å². The minimum Gasteiger partial charge on any atom is -0.504 e. The number of aromatic hydroxyl groups is 1. The van der Waals surface area contributed by atoms with Crippen LogP contribution >= 0.6 is 0 Å². The average molecular weight is 609 g/mol.